The summed E-state index contributed by atoms with van der Waals surface area (Å²) in [6.45, 7) is 2.77. The van der Waals surface area contributed by atoms with E-state index in [9.17, 15) is 16.8 Å². The van der Waals surface area contributed by atoms with Crippen LogP contribution in [0.3, 0.4) is 0 Å². The molecule has 1 saturated heterocycles. The predicted molar refractivity (Wildman–Crippen MR) is 85.3 cm³/mol. The van der Waals surface area contributed by atoms with Gasteiger partial charge >= 0.3 is 0 Å². The second-order valence-corrected chi connectivity index (χ2v) is 11.0. The van der Waals surface area contributed by atoms with Crippen molar-refractivity contribution in [3.8, 4) is 0 Å². The van der Waals surface area contributed by atoms with E-state index in [-0.39, 0.29) is 15.7 Å². The van der Waals surface area contributed by atoms with Crippen molar-refractivity contribution in [2.75, 3.05) is 25.1 Å². The number of unbranched alkanes of at least 4 members (excludes halogenated alkanes) is 1. The first-order valence-corrected chi connectivity index (χ1v) is 11.2. The monoisotopic (exact) mass is 351 g/mol. The predicted octanol–water partition coefficient (Wildman–Crippen LogP) is 1.42. The van der Waals surface area contributed by atoms with Crippen molar-refractivity contribution in [3.63, 3.8) is 0 Å². The molecule has 120 valence electrons. The minimum atomic E-state index is -3.59. The van der Waals surface area contributed by atoms with Crippen LogP contribution >= 0.6 is 11.3 Å². The molecule has 5 nitrogen and oxygen atoms in total. The molecule has 0 unspecified atom stereocenters. The van der Waals surface area contributed by atoms with E-state index in [1.807, 2.05) is 11.9 Å². The fourth-order valence-electron chi connectivity index (χ4n) is 2.65. The molecule has 21 heavy (non-hydrogen) atoms. The van der Waals surface area contributed by atoms with Gasteiger partial charge in [0.1, 0.15) is 4.21 Å². The average molecular weight is 352 g/mol. The van der Waals surface area contributed by atoms with Gasteiger partial charge in [-0.3, -0.25) is 0 Å². The van der Waals surface area contributed by atoms with Gasteiger partial charge in [0.2, 0.25) is 0 Å². The van der Waals surface area contributed by atoms with Gasteiger partial charge in [0.15, 0.2) is 19.7 Å². The molecular weight excluding hydrogens is 330 g/mol. The summed E-state index contributed by atoms with van der Waals surface area (Å²) in [5.74, 6) is -0.336. The van der Waals surface area contributed by atoms with E-state index in [0.29, 0.717) is 6.54 Å². The number of rotatable bonds is 6. The molecule has 1 aromatic heterocycles. The van der Waals surface area contributed by atoms with E-state index < -0.39 is 31.0 Å². The molecule has 2 rings (SSSR count). The lowest BCUT2D eigenvalue weighted by Gasteiger charge is -2.27. The highest BCUT2D eigenvalue weighted by Gasteiger charge is 2.47. The Hall–Kier alpha value is -0.440. The number of thiophene rings is 1. The van der Waals surface area contributed by atoms with E-state index >= 15 is 0 Å². The molecule has 0 aromatic carbocycles. The van der Waals surface area contributed by atoms with Crippen LogP contribution in [0.25, 0.3) is 0 Å². The zero-order valence-corrected chi connectivity index (χ0v) is 14.7. The molecule has 0 radical (unpaired) electrons. The summed E-state index contributed by atoms with van der Waals surface area (Å²) in [5, 5.41) is 0.842. The molecule has 0 aliphatic carbocycles. The molecule has 2 atom stereocenters. The van der Waals surface area contributed by atoms with Gasteiger partial charge < -0.3 is 4.90 Å². The normalized spacial score (nSPS) is 25.5. The van der Waals surface area contributed by atoms with Crippen LogP contribution in [0.15, 0.2) is 21.7 Å². The number of nitrogens with zero attached hydrogens (tertiary/aromatic N) is 1. The van der Waals surface area contributed by atoms with Gasteiger partial charge in [-0.1, -0.05) is 19.4 Å². The van der Waals surface area contributed by atoms with Crippen molar-refractivity contribution < 1.29 is 16.8 Å². The highest BCUT2D eigenvalue weighted by atomic mass is 32.2. The molecule has 0 saturated carbocycles. The van der Waals surface area contributed by atoms with Crippen molar-refractivity contribution in [2.45, 2.75) is 35.3 Å². The van der Waals surface area contributed by atoms with Crippen LogP contribution in [0.1, 0.15) is 19.8 Å². The smallest absolute Gasteiger partial charge is 0.193 e. The molecule has 1 aliphatic rings. The third-order valence-electron chi connectivity index (χ3n) is 3.88. The van der Waals surface area contributed by atoms with E-state index in [2.05, 4.69) is 6.92 Å². The van der Waals surface area contributed by atoms with E-state index in [1.54, 1.807) is 17.5 Å². The second kappa shape index (κ2) is 6.36. The first kappa shape index (κ1) is 16.9. The van der Waals surface area contributed by atoms with Crippen LogP contribution in [0.5, 0.6) is 0 Å². The minimum Gasteiger partial charge on any atom is -0.301 e. The largest absolute Gasteiger partial charge is 0.301 e. The maximum Gasteiger partial charge on any atom is 0.193 e. The van der Waals surface area contributed by atoms with Crippen LogP contribution in [0.2, 0.25) is 0 Å². The van der Waals surface area contributed by atoms with E-state index in [0.717, 1.165) is 24.2 Å². The summed E-state index contributed by atoms with van der Waals surface area (Å²) in [6.07, 6.45) is 1.92. The Kier molecular flexibility index (Phi) is 5.12. The first-order chi connectivity index (χ1) is 9.78. The Labute approximate surface area is 130 Å². The van der Waals surface area contributed by atoms with Gasteiger partial charge in [-0.25, -0.2) is 16.8 Å². The number of sulfone groups is 2. The molecule has 0 amide bonds. The molecule has 2 heterocycles. The van der Waals surface area contributed by atoms with Crippen LogP contribution < -0.4 is 0 Å². The van der Waals surface area contributed by atoms with Gasteiger partial charge in [0.25, 0.3) is 0 Å². The van der Waals surface area contributed by atoms with Crippen molar-refractivity contribution in [3.05, 3.63) is 17.5 Å². The summed E-state index contributed by atoms with van der Waals surface area (Å²) >= 11 is 1.15. The maximum absolute atomic E-state index is 12.7. The Balaban J connectivity index is 2.31. The molecular formula is C13H21NO4S3. The van der Waals surface area contributed by atoms with E-state index in [1.165, 1.54) is 0 Å². The van der Waals surface area contributed by atoms with Crippen LogP contribution in [-0.4, -0.2) is 58.1 Å². The Morgan fingerprint density at radius 2 is 2.10 bits per heavy atom. The fraction of sp³-hybridized carbons (Fsp3) is 0.692. The van der Waals surface area contributed by atoms with Crippen LogP contribution in [0, 0.1) is 0 Å². The number of hydrogen-bond acceptors (Lipinski definition) is 6. The minimum absolute atomic E-state index is 0.0670. The molecule has 0 N–H and O–H groups in total. The van der Waals surface area contributed by atoms with Gasteiger partial charge in [-0.15, -0.1) is 11.3 Å². The highest BCUT2D eigenvalue weighted by molar-refractivity contribution is 7.97. The van der Waals surface area contributed by atoms with Gasteiger partial charge in [0.05, 0.1) is 16.8 Å². The second-order valence-electron chi connectivity index (χ2n) is 5.49. The summed E-state index contributed by atoms with van der Waals surface area (Å²) in [4.78, 5) is 1.89. The van der Waals surface area contributed by atoms with Crippen LogP contribution in [-0.2, 0) is 19.7 Å². The third kappa shape index (κ3) is 3.67. The topological polar surface area (TPSA) is 71.5 Å². The third-order valence-corrected chi connectivity index (χ3v) is 9.43. The Bertz CT molecular complexity index is 664. The quantitative estimate of drug-likeness (QED) is 0.775. The SMILES string of the molecule is CCCCN(C)[C@@H]1CS(=O)(=O)C[C@H]1S(=O)(=O)c1cccs1. The molecule has 1 aromatic rings. The standard InChI is InChI=1S/C13H21NO4S3/c1-3-4-7-14(2)11-9-20(15,16)10-12(11)21(17,18)13-6-5-8-19-13/h5-6,8,11-12H,3-4,7,9-10H2,1-2H3/t11-,12-/m1/s1. The lowest BCUT2D eigenvalue weighted by molar-refractivity contribution is 0.259. The lowest BCUT2D eigenvalue weighted by atomic mass is 10.2. The zero-order chi connectivity index (χ0) is 15.7. The van der Waals surface area contributed by atoms with Gasteiger partial charge in [0, 0.05) is 6.04 Å². The zero-order valence-electron chi connectivity index (χ0n) is 12.2. The fourth-order valence-corrected chi connectivity index (χ4v) is 8.79. The van der Waals surface area contributed by atoms with Crippen molar-refractivity contribution in [1.29, 1.82) is 0 Å². The molecule has 1 aliphatic heterocycles. The first-order valence-electron chi connectivity index (χ1n) is 6.96. The number of hydrogen-bond donors (Lipinski definition) is 0. The summed E-state index contributed by atoms with van der Waals surface area (Å²) < 4.78 is 49.6. The maximum atomic E-state index is 12.7. The molecule has 0 bridgehead atoms. The highest BCUT2D eigenvalue weighted by Crippen LogP contribution is 2.30. The Morgan fingerprint density at radius 3 is 2.67 bits per heavy atom. The van der Waals surface area contributed by atoms with E-state index in [4.69, 9.17) is 0 Å². The average Bonchev–Trinajstić information content (AvgIpc) is 3.03. The lowest BCUT2D eigenvalue weighted by Crippen LogP contribution is -2.44. The van der Waals surface area contributed by atoms with Crippen molar-refractivity contribution in [1.82, 2.24) is 4.90 Å². The summed E-state index contributed by atoms with van der Waals surface area (Å²) in [6, 6.07) is 2.78. The van der Waals surface area contributed by atoms with Crippen molar-refractivity contribution >= 4 is 31.0 Å². The Morgan fingerprint density at radius 1 is 1.38 bits per heavy atom. The van der Waals surface area contributed by atoms with Crippen molar-refractivity contribution in [2.24, 2.45) is 0 Å². The van der Waals surface area contributed by atoms with Gasteiger partial charge in [-0.2, -0.15) is 0 Å². The van der Waals surface area contributed by atoms with Gasteiger partial charge in [-0.05, 0) is 31.5 Å². The van der Waals surface area contributed by atoms with Crippen LogP contribution in [0.4, 0.5) is 0 Å². The summed E-state index contributed by atoms with van der Waals surface area (Å²) in [5.41, 5.74) is 0. The molecule has 0 spiro atoms. The molecule has 8 heteroatoms. The molecule has 1 fully saturated rings. The summed E-state index contributed by atoms with van der Waals surface area (Å²) in [7, 11) is -5.08.